The van der Waals surface area contributed by atoms with Crippen LogP contribution >= 0.6 is 0 Å². The minimum absolute atomic E-state index is 0.00402. The van der Waals surface area contributed by atoms with Crippen LogP contribution in [0.15, 0.2) is 12.7 Å². The summed E-state index contributed by atoms with van der Waals surface area (Å²) in [6.45, 7) is 4.03. The lowest BCUT2D eigenvalue weighted by Crippen LogP contribution is -2.59. The van der Waals surface area contributed by atoms with Crippen LogP contribution in [0.25, 0.3) is 0 Å². The molecule has 2 N–H and O–H groups in total. The molecule has 122 valence electrons. The summed E-state index contributed by atoms with van der Waals surface area (Å²) in [4.78, 5) is 27.3. The summed E-state index contributed by atoms with van der Waals surface area (Å²) in [7, 11) is 0. The lowest BCUT2D eigenvalue weighted by Gasteiger charge is -2.40. The first-order valence-electron chi connectivity index (χ1n) is 8.66. The van der Waals surface area contributed by atoms with Crippen molar-refractivity contribution in [2.24, 2.45) is 0 Å². The van der Waals surface area contributed by atoms with Crippen molar-refractivity contribution >= 4 is 11.9 Å². The molecule has 2 aliphatic carbocycles. The molecule has 0 radical (unpaired) electrons. The highest BCUT2D eigenvalue weighted by atomic mass is 16.2. The molecule has 3 aliphatic rings. The van der Waals surface area contributed by atoms with Gasteiger partial charge in [-0.15, -0.1) is 6.58 Å². The van der Waals surface area contributed by atoms with Gasteiger partial charge in [-0.2, -0.15) is 0 Å². The highest BCUT2D eigenvalue weighted by Gasteiger charge is 2.60. The minimum Gasteiger partial charge on any atom is -0.334 e. The van der Waals surface area contributed by atoms with Crippen LogP contribution in [0.1, 0.15) is 64.2 Å². The number of carbonyl (C=O) groups is 2. The predicted octanol–water partition coefficient (Wildman–Crippen LogP) is 2.68. The van der Waals surface area contributed by atoms with Gasteiger partial charge in [-0.3, -0.25) is 10.1 Å². The van der Waals surface area contributed by atoms with Crippen molar-refractivity contribution < 1.29 is 9.59 Å². The molecule has 1 aliphatic heterocycles. The second-order valence-corrected chi connectivity index (χ2v) is 6.98. The number of hydrogen-bond donors (Lipinski definition) is 2. The van der Waals surface area contributed by atoms with Crippen molar-refractivity contribution in [2.75, 3.05) is 6.54 Å². The molecule has 3 rings (SSSR count). The van der Waals surface area contributed by atoms with E-state index in [1.165, 1.54) is 17.7 Å². The zero-order chi connectivity index (χ0) is 15.6. The van der Waals surface area contributed by atoms with E-state index in [-0.39, 0.29) is 11.9 Å². The monoisotopic (exact) mass is 305 g/mol. The summed E-state index contributed by atoms with van der Waals surface area (Å²) in [6, 6.07) is -0.262. The first-order chi connectivity index (χ1) is 10.6. The Morgan fingerprint density at radius 2 is 1.73 bits per heavy atom. The Morgan fingerprint density at radius 3 is 2.32 bits per heavy atom. The maximum atomic E-state index is 13.1. The van der Waals surface area contributed by atoms with Crippen LogP contribution in [0.4, 0.5) is 4.79 Å². The van der Waals surface area contributed by atoms with E-state index >= 15 is 0 Å². The number of imide groups is 1. The van der Waals surface area contributed by atoms with E-state index in [1.807, 2.05) is 0 Å². The average molecular weight is 305 g/mol. The Labute approximate surface area is 132 Å². The smallest absolute Gasteiger partial charge is 0.325 e. The number of hydrogen-bond acceptors (Lipinski definition) is 3. The lowest BCUT2D eigenvalue weighted by atomic mass is 9.81. The van der Waals surface area contributed by atoms with Crippen molar-refractivity contribution in [1.82, 2.24) is 15.5 Å². The van der Waals surface area contributed by atoms with Gasteiger partial charge in [0, 0.05) is 6.54 Å². The molecule has 0 aromatic heterocycles. The molecule has 5 heteroatoms. The fraction of sp³-hybridized carbons (Fsp3) is 0.765. The molecule has 3 amide bonds. The topological polar surface area (TPSA) is 61.4 Å². The van der Waals surface area contributed by atoms with Gasteiger partial charge in [0.25, 0.3) is 5.91 Å². The number of rotatable bonds is 2. The van der Waals surface area contributed by atoms with Crippen LogP contribution in [0, 0.1) is 0 Å². The molecule has 0 aromatic carbocycles. The molecular formula is C17H27N3O2. The SMILES string of the molecule is C=CCNC(=O)N1C(=O)C2(CCCCC2)NC12CCCCC2. The third-order valence-corrected chi connectivity index (χ3v) is 5.50. The van der Waals surface area contributed by atoms with Crippen molar-refractivity contribution in [2.45, 2.75) is 75.4 Å². The summed E-state index contributed by atoms with van der Waals surface area (Å²) in [6.07, 6.45) is 11.8. The molecule has 2 spiro atoms. The molecule has 0 atom stereocenters. The Bertz CT molecular complexity index is 463. The van der Waals surface area contributed by atoms with Gasteiger partial charge in [-0.05, 0) is 38.5 Å². The first-order valence-corrected chi connectivity index (χ1v) is 8.66. The molecule has 3 fully saturated rings. The Kier molecular flexibility index (Phi) is 4.26. The van der Waals surface area contributed by atoms with Crippen molar-refractivity contribution in [1.29, 1.82) is 0 Å². The Balaban J connectivity index is 1.90. The normalized spacial score (nSPS) is 26.4. The molecule has 1 heterocycles. The van der Waals surface area contributed by atoms with Crippen LogP contribution < -0.4 is 10.6 Å². The fourth-order valence-electron chi connectivity index (χ4n) is 4.47. The summed E-state index contributed by atoms with van der Waals surface area (Å²) in [5.74, 6) is -0.00402. The third-order valence-electron chi connectivity index (χ3n) is 5.50. The Morgan fingerprint density at radius 1 is 1.14 bits per heavy atom. The third kappa shape index (κ3) is 2.45. The molecule has 2 saturated carbocycles. The molecule has 22 heavy (non-hydrogen) atoms. The number of nitrogens with zero attached hydrogens (tertiary/aromatic N) is 1. The average Bonchev–Trinajstić information content (AvgIpc) is 2.75. The largest absolute Gasteiger partial charge is 0.334 e. The zero-order valence-electron chi connectivity index (χ0n) is 13.3. The van der Waals surface area contributed by atoms with Gasteiger partial charge >= 0.3 is 6.03 Å². The highest BCUT2D eigenvalue weighted by Crippen LogP contribution is 2.44. The van der Waals surface area contributed by atoms with Gasteiger partial charge in [0.15, 0.2) is 0 Å². The van der Waals surface area contributed by atoms with Gasteiger partial charge in [0.2, 0.25) is 0 Å². The van der Waals surface area contributed by atoms with Gasteiger partial charge in [0.1, 0.15) is 11.2 Å². The van der Waals surface area contributed by atoms with Crippen molar-refractivity contribution in [3.8, 4) is 0 Å². The molecule has 5 nitrogen and oxygen atoms in total. The Hall–Kier alpha value is -1.36. The summed E-state index contributed by atoms with van der Waals surface area (Å²) in [5.41, 5.74) is -0.959. The molecule has 0 aromatic rings. The standard InChI is InChI=1S/C17H27N3O2/c1-2-13-18-15(22)20-14(21)16(9-5-3-6-10-16)19-17(20)11-7-4-8-12-17/h2,19H,1,3-13H2,(H,18,22). The van der Waals surface area contributed by atoms with Crippen LogP contribution in [0.2, 0.25) is 0 Å². The van der Waals surface area contributed by atoms with E-state index in [2.05, 4.69) is 17.2 Å². The van der Waals surface area contributed by atoms with Crippen molar-refractivity contribution in [3.63, 3.8) is 0 Å². The lowest BCUT2D eigenvalue weighted by molar-refractivity contribution is -0.133. The maximum absolute atomic E-state index is 13.1. The zero-order valence-corrected chi connectivity index (χ0v) is 13.3. The number of nitrogens with one attached hydrogen (secondary N) is 2. The van der Waals surface area contributed by atoms with E-state index in [1.54, 1.807) is 6.08 Å². The van der Waals surface area contributed by atoms with Gasteiger partial charge < -0.3 is 5.32 Å². The summed E-state index contributed by atoms with van der Waals surface area (Å²) >= 11 is 0. The van der Waals surface area contributed by atoms with Crippen LogP contribution in [-0.4, -0.2) is 34.6 Å². The number of carbonyl (C=O) groups excluding carboxylic acids is 2. The maximum Gasteiger partial charge on any atom is 0.325 e. The van der Waals surface area contributed by atoms with E-state index < -0.39 is 11.2 Å². The molecule has 1 saturated heterocycles. The molecular weight excluding hydrogens is 278 g/mol. The van der Waals surface area contributed by atoms with Crippen molar-refractivity contribution in [3.05, 3.63) is 12.7 Å². The van der Waals surface area contributed by atoms with E-state index in [0.717, 1.165) is 51.4 Å². The second-order valence-electron chi connectivity index (χ2n) is 6.98. The predicted molar refractivity (Wildman–Crippen MR) is 85.2 cm³/mol. The van der Waals surface area contributed by atoms with E-state index in [4.69, 9.17) is 0 Å². The minimum atomic E-state index is -0.499. The highest BCUT2D eigenvalue weighted by molar-refractivity contribution is 6.02. The van der Waals surface area contributed by atoms with Gasteiger partial charge in [-0.1, -0.05) is 31.8 Å². The molecule has 0 bridgehead atoms. The second kappa shape index (κ2) is 6.03. The first kappa shape index (κ1) is 15.5. The quantitative estimate of drug-likeness (QED) is 0.771. The van der Waals surface area contributed by atoms with Gasteiger partial charge in [0.05, 0.1) is 0 Å². The summed E-state index contributed by atoms with van der Waals surface area (Å²) < 4.78 is 0. The van der Waals surface area contributed by atoms with Crippen LogP contribution in [0.5, 0.6) is 0 Å². The van der Waals surface area contributed by atoms with Gasteiger partial charge in [-0.25, -0.2) is 9.69 Å². The summed E-state index contributed by atoms with van der Waals surface area (Å²) in [5, 5.41) is 6.47. The van der Waals surface area contributed by atoms with E-state index in [0.29, 0.717) is 6.54 Å². The molecule has 0 unspecified atom stereocenters. The van der Waals surface area contributed by atoms with Crippen LogP contribution in [-0.2, 0) is 4.79 Å². The fourth-order valence-corrected chi connectivity index (χ4v) is 4.47. The van der Waals surface area contributed by atoms with Crippen LogP contribution in [0.3, 0.4) is 0 Å². The number of amides is 3. The van der Waals surface area contributed by atoms with E-state index in [9.17, 15) is 9.59 Å². The number of urea groups is 1.